The summed E-state index contributed by atoms with van der Waals surface area (Å²) in [6.45, 7) is 2.86. The van der Waals surface area contributed by atoms with Crippen molar-refractivity contribution in [2.24, 2.45) is 0 Å². The molecule has 33 heavy (non-hydrogen) atoms. The molecule has 0 bridgehead atoms. The van der Waals surface area contributed by atoms with Gasteiger partial charge in [-0.25, -0.2) is 9.97 Å². The molecule has 0 aliphatic rings. The molecule has 0 aliphatic carbocycles. The maximum atomic E-state index is 12.3. The molecule has 0 radical (unpaired) electrons. The molecule has 2 aromatic heterocycles. The van der Waals surface area contributed by atoms with Crippen molar-refractivity contribution in [1.82, 2.24) is 9.97 Å². The van der Waals surface area contributed by atoms with Gasteiger partial charge in [0.25, 0.3) is 0 Å². The molecule has 0 spiro atoms. The highest BCUT2D eigenvalue weighted by atomic mass is 32.2. The summed E-state index contributed by atoms with van der Waals surface area (Å²) >= 11 is 3.21. The number of rotatable bonds is 8. The number of thiophene rings is 1. The predicted molar refractivity (Wildman–Crippen MR) is 129 cm³/mol. The van der Waals surface area contributed by atoms with Crippen LogP contribution in [0.3, 0.4) is 0 Å². The van der Waals surface area contributed by atoms with Gasteiger partial charge >= 0.3 is 6.36 Å². The van der Waals surface area contributed by atoms with Crippen LogP contribution in [0.5, 0.6) is 5.75 Å². The number of ether oxygens (including phenoxy) is 1. The second-order valence-corrected chi connectivity index (χ2v) is 9.44. The lowest BCUT2D eigenvalue weighted by Crippen LogP contribution is -2.16. The lowest BCUT2D eigenvalue weighted by Gasteiger charge is -2.10. The molecular formula is C24H22F3N3OS2. The first-order valence-electron chi connectivity index (χ1n) is 10.3. The first-order chi connectivity index (χ1) is 15.8. The van der Waals surface area contributed by atoms with Crippen molar-refractivity contribution in [3.05, 3.63) is 65.0 Å². The van der Waals surface area contributed by atoms with E-state index in [2.05, 4.69) is 33.0 Å². The SMILES string of the molecule is CSc1nc(NCCCc2ccc(-c3ccc(OC(F)(F)F)cc3)cc2)c2cc(C)sc2n1. The number of nitrogens with zero attached hydrogens (tertiary/aromatic N) is 2. The standard InChI is InChI=1S/C24H22F3N3OS2/c1-15-14-20-21(29-23(32-2)30-22(20)33-15)28-13-3-4-16-5-7-17(8-6-16)18-9-11-19(12-10-18)31-24(25,26)27/h5-12,14H,3-4,13H2,1-2H3,(H,28,29,30). The zero-order valence-electron chi connectivity index (χ0n) is 18.1. The van der Waals surface area contributed by atoms with E-state index in [-0.39, 0.29) is 5.75 Å². The molecule has 0 amide bonds. The molecule has 9 heteroatoms. The van der Waals surface area contributed by atoms with Crippen LogP contribution in [0.2, 0.25) is 0 Å². The van der Waals surface area contributed by atoms with Crippen molar-refractivity contribution in [1.29, 1.82) is 0 Å². The van der Waals surface area contributed by atoms with E-state index in [1.165, 1.54) is 34.3 Å². The molecule has 0 unspecified atom stereocenters. The maximum Gasteiger partial charge on any atom is 0.573 e. The Bertz CT molecular complexity index is 1220. The Kier molecular flexibility index (Phi) is 7.09. The Morgan fingerprint density at radius 2 is 1.67 bits per heavy atom. The molecule has 0 aliphatic heterocycles. The third-order valence-corrected chi connectivity index (χ3v) is 6.48. The van der Waals surface area contributed by atoms with Gasteiger partial charge < -0.3 is 10.1 Å². The number of fused-ring (bicyclic) bond motifs is 1. The number of nitrogens with one attached hydrogen (secondary N) is 1. The quantitative estimate of drug-likeness (QED) is 0.159. The Hall–Kier alpha value is -2.78. The van der Waals surface area contributed by atoms with Crippen molar-refractivity contribution in [2.45, 2.75) is 31.3 Å². The number of benzene rings is 2. The van der Waals surface area contributed by atoms with Gasteiger partial charge in [-0.2, -0.15) is 0 Å². The summed E-state index contributed by atoms with van der Waals surface area (Å²) in [6, 6.07) is 16.1. The van der Waals surface area contributed by atoms with E-state index >= 15 is 0 Å². The molecule has 2 heterocycles. The van der Waals surface area contributed by atoms with Gasteiger partial charge in [0.2, 0.25) is 0 Å². The van der Waals surface area contributed by atoms with E-state index in [1.807, 2.05) is 30.5 Å². The molecule has 0 fully saturated rings. The zero-order valence-corrected chi connectivity index (χ0v) is 19.7. The van der Waals surface area contributed by atoms with Crippen molar-refractivity contribution in [2.75, 3.05) is 18.1 Å². The summed E-state index contributed by atoms with van der Waals surface area (Å²) in [5, 5.41) is 5.28. The Balaban J connectivity index is 1.33. The van der Waals surface area contributed by atoms with E-state index in [9.17, 15) is 13.2 Å². The monoisotopic (exact) mass is 489 g/mol. The van der Waals surface area contributed by atoms with Crippen molar-refractivity contribution < 1.29 is 17.9 Å². The average Bonchev–Trinajstić information content (AvgIpc) is 3.16. The fourth-order valence-corrected chi connectivity index (χ4v) is 4.76. The van der Waals surface area contributed by atoms with Crippen LogP contribution in [0, 0.1) is 6.92 Å². The third kappa shape index (κ3) is 6.17. The van der Waals surface area contributed by atoms with Crippen LogP contribution in [-0.2, 0) is 6.42 Å². The molecular weight excluding hydrogens is 467 g/mol. The van der Waals surface area contributed by atoms with Gasteiger partial charge in [-0.05, 0) is 60.9 Å². The van der Waals surface area contributed by atoms with Crippen molar-refractivity contribution >= 4 is 39.1 Å². The summed E-state index contributed by atoms with van der Waals surface area (Å²) in [5.41, 5.74) is 2.97. The minimum Gasteiger partial charge on any atom is -0.406 e. The Morgan fingerprint density at radius 3 is 2.30 bits per heavy atom. The molecule has 0 saturated carbocycles. The van der Waals surface area contributed by atoms with Crippen LogP contribution in [0.4, 0.5) is 19.0 Å². The number of thioether (sulfide) groups is 1. The first kappa shape index (κ1) is 23.4. The van der Waals surface area contributed by atoms with Gasteiger partial charge in [-0.3, -0.25) is 0 Å². The molecule has 1 N–H and O–H groups in total. The van der Waals surface area contributed by atoms with Crippen LogP contribution < -0.4 is 10.1 Å². The summed E-state index contributed by atoms with van der Waals surface area (Å²) < 4.78 is 40.8. The number of alkyl halides is 3. The van der Waals surface area contributed by atoms with Crippen molar-refractivity contribution in [3.63, 3.8) is 0 Å². The summed E-state index contributed by atoms with van der Waals surface area (Å²) in [4.78, 5) is 11.4. The molecule has 4 aromatic rings. The fraction of sp³-hybridized carbons (Fsp3) is 0.250. The fourth-order valence-electron chi connectivity index (χ4n) is 3.46. The minimum absolute atomic E-state index is 0.224. The van der Waals surface area contributed by atoms with E-state index in [0.29, 0.717) is 0 Å². The second-order valence-electron chi connectivity index (χ2n) is 7.43. The van der Waals surface area contributed by atoms with Crippen LogP contribution >= 0.6 is 23.1 Å². The molecule has 4 nitrogen and oxygen atoms in total. The highest BCUT2D eigenvalue weighted by molar-refractivity contribution is 7.98. The molecule has 2 aromatic carbocycles. The molecule has 0 saturated heterocycles. The topological polar surface area (TPSA) is 47.0 Å². The van der Waals surface area contributed by atoms with Crippen LogP contribution in [-0.4, -0.2) is 29.1 Å². The predicted octanol–water partition coefficient (Wildman–Crippen LogP) is 7.33. The zero-order chi connectivity index (χ0) is 23.4. The van der Waals surface area contributed by atoms with E-state index in [0.717, 1.165) is 51.7 Å². The minimum atomic E-state index is -4.68. The number of hydrogen-bond donors (Lipinski definition) is 1. The highest BCUT2D eigenvalue weighted by Crippen LogP contribution is 2.30. The number of aryl methyl sites for hydroxylation is 2. The smallest absolute Gasteiger partial charge is 0.406 e. The largest absolute Gasteiger partial charge is 0.573 e. The maximum absolute atomic E-state index is 12.3. The van der Waals surface area contributed by atoms with Gasteiger partial charge in [0.05, 0.1) is 5.39 Å². The number of anilines is 1. The van der Waals surface area contributed by atoms with Crippen LogP contribution in [0.25, 0.3) is 21.3 Å². The lowest BCUT2D eigenvalue weighted by molar-refractivity contribution is -0.274. The third-order valence-electron chi connectivity index (χ3n) is 4.99. The van der Waals surface area contributed by atoms with Crippen molar-refractivity contribution in [3.8, 4) is 16.9 Å². The Labute approximate surface area is 198 Å². The average molecular weight is 490 g/mol. The number of hydrogen-bond acceptors (Lipinski definition) is 6. The molecule has 0 atom stereocenters. The molecule has 172 valence electrons. The summed E-state index contributed by atoms with van der Waals surface area (Å²) in [6.07, 6.45) is -0.874. The summed E-state index contributed by atoms with van der Waals surface area (Å²) in [5.74, 6) is 0.653. The van der Waals surface area contributed by atoms with Crippen LogP contribution in [0.1, 0.15) is 16.9 Å². The lowest BCUT2D eigenvalue weighted by atomic mass is 10.0. The number of halogens is 3. The van der Waals surface area contributed by atoms with Gasteiger partial charge in [-0.15, -0.1) is 24.5 Å². The van der Waals surface area contributed by atoms with E-state index in [4.69, 9.17) is 0 Å². The van der Waals surface area contributed by atoms with Crippen LogP contribution in [0.15, 0.2) is 59.8 Å². The highest BCUT2D eigenvalue weighted by Gasteiger charge is 2.30. The number of aromatic nitrogens is 2. The first-order valence-corrected chi connectivity index (χ1v) is 12.4. The molecule has 4 rings (SSSR count). The summed E-state index contributed by atoms with van der Waals surface area (Å²) in [7, 11) is 0. The van der Waals surface area contributed by atoms with Gasteiger partial charge in [0, 0.05) is 11.4 Å². The van der Waals surface area contributed by atoms with E-state index in [1.54, 1.807) is 23.5 Å². The van der Waals surface area contributed by atoms with E-state index < -0.39 is 6.36 Å². The van der Waals surface area contributed by atoms with Gasteiger partial charge in [0.15, 0.2) is 5.16 Å². The Morgan fingerprint density at radius 1 is 1.00 bits per heavy atom. The normalized spacial score (nSPS) is 11.7. The van der Waals surface area contributed by atoms with Gasteiger partial charge in [-0.1, -0.05) is 48.2 Å². The van der Waals surface area contributed by atoms with Gasteiger partial charge in [0.1, 0.15) is 16.4 Å². The second kappa shape index (κ2) is 10.0.